The zero-order chi connectivity index (χ0) is 18.3. The van der Waals surface area contributed by atoms with E-state index in [9.17, 15) is 13.2 Å². The van der Waals surface area contributed by atoms with E-state index >= 15 is 0 Å². The van der Waals surface area contributed by atoms with Crippen molar-refractivity contribution in [3.63, 3.8) is 0 Å². The highest BCUT2D eigenvalue weighted by atomic mass is 32.2. The van der Waals surface area contributed by atoms with E-state index in [1.807, 2.05) is 26.0 Å². The van der Waals surface area contributed by atoms with Crippen LogP contribution in [0.2, 0.25) is 0 Å². The number of anilines is 1. The van der Waals surface area contributed by atoms with Crippen molar-refractivity contribution in [1.82, 2.24) is 4.98 Å². The minimum absolute atomic E-state index is 0.0238. The topological polar surface area (TPSA) is 85.4 Å². The lowest BCUT2D eigenvalue weighted by Crippen LogP contribution is -2.16. The fourth-order valence-electron chi connectivity index (χ4n) is 2.15. The number of aromatic nitrogens is 1. The van der Waals surface area contributed by atoms with Crippen LogP contribution in [0.1, 0.15) is 41.4 Å². The first-order chi connectivity index (χ1) is 11.9. The summed E-state index contributed by atoms with van der Waals surface area (Å²) < 4.78 is 31.4. The number of ether oxygens (including phenoxy) is 1. The molecule has 0 radical (unpaired) electrons. The predicted molar refractivity (Wildman–Crippen MR) is 96.9 cm³/mol. The molecule has 134 valence electrons. The van der Waals surface area contributed by atoms with Gasteiger partial charge in [0.15, 0.2) is 0 Å². The highest BCUT2D eigenvalue weighted by Crippen LogP contribution is 2.12. The Labute approximate surface area is 148 Å². The lowest BCUT2D eigenvalue weighted by molar-refractivity contribution is 0.0467. The number of pyridine rings is 1. The van der Waals surface area contributed by atoms with Crippen LogP contribution >= 0.6 is 0 Å². The summed E-state index contributed by atoms with van der Waals surface area (Å²) in [6, 6.07) is 10.4. The van der Waals surface area contributed by atoms with Gasteiger partial charge in [-0.15, -0.1) is 0 Å². The monoisotopic (exact) mass is 362 g/mol. The summed E-state index contributed by atoms with van der Waals surface area (Å²) in [4.78, 5) is 16.2. The quantitative estimate of drug-likeness (QED) is 0.728. The summed E-state index contributed by atoms with van der Waals surface area (Å²) in [6.07, 6.45) is 2.83. The molecule has 0 spiro atoms. The Morgan fingerprint density at radius 1 is 1.20 bits per heavy atom. The van der Waals surface area contributed by atoms with Gasteiger partial charge in [0.25, 0.3) is 0 Å². The summed E-state index contributed by atoms with van der Waals surface area (Å²) in [5.41, 5.74) is 2.30. The first-order valence-electron chi connectivity index (χ1n) is 8.09. The number of sulfonamides is 1. The third-order valence-electron chi connectivity index (χ3n) is 3.58. The molecule has 0 atom stereocenters. The molecular weight excluding hydrogens is 340 g/mol. The average molecular weight is 362 g/mol. The van der Waals surface area contributed by atoms with Gasteiger partial charge in [-0.2, -0.15) is 0 Å². The maximum absolute atomic E-state index is 12.1. The van der Waals surface area contributed by atoms with Crippen molar-refractivity contribution in [2.45, 2.75) is 33.3 Å². The number of benzene rings is 1. The van der Waals surface area contributed by atoms with Gasteiger partial charge < -0.3 is 4.74 Å². The number of esters is 1. The molecule has 0 saturated heterocycles. The lowest BCUT2D eigenvalue weighted by atomic mass is 10.1. The van der Waals surface area contributed by atoms with E-state index in [0.29, 0.717) is 23.4 Å². The summed E-state index contributed by atoms with van der Waals surface area (Å²) in [6.45, 7) is 3.80. The fraction of sp³-hybridized carbons (Fsp3) is 0.333. The van der Waals surface area contributed by atoms with Crippen LogP contribution < -0.4 is 4.72 Å². The summed E-state index contributed by atoms with van der Waals surface area (Å²) >= 11 is 0. The van der Waals surface area contributed by atoms with Gasteiger partial charge in [-0.1, -0.05) is 31.5 Å². The highest BCUT2D eigenvalue weighted by Gasteiger charge is 2.12. The van der Waals surface area contributed by atoms with Crippen molar-refractivity contribution in [2.24, 2.45) is 0 Å². The Kier molecular flexibility index (Phi) is 6.52. The van der Waals surface area contributed by atoms with Gasteiger partial charge in [0.05, 0.1) is 28.9 Å². The molecule has 1 aromatic heterocycles. The number of unbranched alkanes of at least 4 members (excludes halogenated alkanes) is 1. The number of hydrogen-bond acceptors (Lipinski definition) is 5. The second-order valence-electron chi connectivity index (χ2n) is 5.70. The van der Waals surface area contributed by atoms with Crippen molar-refractivity contribution < 1.29 is 17.9 Å². The summed E-state index contributed by atoms with van der Waals surface area (Å²) in [5, 5.41) is 0. The van der Waals surface area contributed by atoms with E-state index in [4.69, 9.17) is 4.74 Å². The third kappa shape index (κ3) is 5.86. The zero-order valence-electron chi connectivity index (χ0n) is 14.4. The SMILES string of the molecule is CCCCS(=O)(=O)Nc1ccc(COC(=O)c2ccccc2C)nc1. The van der Waals surface area contributed by atoms with Gasteiger partial charge >= 0.3 is 5.97 Å². The molecule has 0 fully saturated rings. The van der Waals surface area contributed by atoms with Crippen LogP contribution in [0.4, 0.5) is 5.69 Å². The molecule has 6 nitrogen and oxygen atoms in total. The van der Waals surface area contributed by atoms with Crippen LogP contribution in [-0.2, 0) is 21.4 Å². The molecule has 7 heteroatoms. The molecule has 1 aromatic carbocycles. The van der Waals surface area contributed by atoms with Gasteiger partial charge in [0.1, 0.15) is 6.61 Å². The van der Waals surface area contributed by atoms with Crippen molar-refractivity contribution in [1.29, 1.82) is 0 Å². The predicted octanol–water partition coefficient (Wildman–Crippen LogP) is 3.29. The first kappa shape index (κ1) is 18.9. The van der Waals surface area contributed by atoms with E-state index in [1.54, 1.807) is 24.3 Å². The molecule has 25 heavy (non-hydrogen) atoms. The molecule has 0 aliphatic carbocycles. The van der Waals surface area contributed by atoms with Crippen LogP contribution in [-0.4, -0.2) is 25.1 Å². The van der Waals surface area contributed by atoms with Crippen LogP contribution in [0.25, 0.3) is 0 Å². The van der Waals surface area contributed by atoms with E-state index in [0.717, 1.165) is 12.0 Å². The lowest BCUT2D eigenvalue weighted by Gasteiger charge is -2.09. The number of carbonyl (C=O) groups excluding carboxylic acids is 1. The number of aryl methyl sites for hydroxylation is 1. The van der Waals surface area contributed by atoms with E-state index in [2.05, 4.69) is 9.71 Å². The Bertz CT molecular complexity index is 817. The largest absolute Gasteiger partial charge is 0.456 e. The van der Waals surface area contributed by atoms with Crippen molar-refractivity contribution >= 4 is 21.7 Å². The van der Waals surface area contributed by atoms with E-state index in [1.165, 1.54) is 6.20 Å². The molecule has 1 N–H and O–H groups in total. The Morgan fingerprint density at radius 3 is 2.60 bits per heavy atom. The van der Waals surface area contributed by atoms with Crippen LogP contribution in [0.15, 0.2) is 42.6 Å². The van der Waals surface area contributed by atoms with Crippen LogP contribution in [0, 0.1) is 6.92 Å². The highest BCUT2D eigenvalue weighted by molar-refractivity contribution is 7.92. The molecular formula is C18H22N2O4S. The number of hydrogen-bond donors (Lipinski definition) is 1. The van der Waals surface area contributed by atoms with Crippen molar-refractivity contribution in [2.75, 3.05) is 10.5 Å². The first-order valence-corrected chi connectivity index (χ1v) is 9.74. The van der Waals surface area contributed by atoms with Crippen LogP contribution in [0.3, 0.4) is 0 Å². The van der Waals surface area contributed by atoms with Gasteiger partial charge in [-0.05, 0) is 37.1 Å². The molecule has 0 unspecified atom stereocenters. The zero-order valence-corrected chi connectivity index (χ0v) is 15.2. The third-order valence-corrected chi connectivity index (χ3v) is 4.95. The van der Waals surface area contributed by atoms with Gasteiger partial charge in [-0.25, -0.2) is 13.2 Å². The maximum atomic E-state index is 12.1. The molecule has 0 aliphatic rings. The van der Waals surface area contributed by atoms with Gasteiger partial charge in [0, 0.05) is 0 Å². The average Bonchev–Trinajstić information content (AvgIpc) is 2.59. The van der Waals surface area contributed by atoms with E-state index in [-0.39, 0.29) is 12.4 Å². The molecule has 2 rings (SSSR count). The smallest absolute Gasteiger partial charge is 0.338 e. The minimum Gasteiger partial charge on any atom is -0.456 e. The van der Waals surface area contributed by atoms with Gasteiger partial charge in [-0.3, -0.25) is 9.71 Å². The normalized spacial score (nSPS) is 11.1. The standard InChI is InChI=1S/C18H22N2O4S/c1-3-4-11-25(22,23)20-15-9-10-16(19-12-15)13-24-18(21)17-8-6-5-7-14(17)2/h5-10,12,20H,3-4,11,13H2,1-2H3. The number of rotatable bonds is 8. The Hall–Kier alpha value is -2.41. The second kappa shape index (κ2) is 8.62. The molecule has 0 saturated carbocycles. The maximum Gasteiger partial charge on any atom is 0.338 e. The van der Waals surface area contributed by atoms with Crippen molar-refractivity contribution in [3.8, 4) is 0 Å². The number of nitrogens with zero attached hydrogens (tertiary/aromatic N) is 1. The molecule has 1 heterocycles. The molecule has 0 amide bonds. The van der Waals surface area contributed by atoms with Crippen molar-refractivity contribution in [3.05, 3.63) is 59.4 Å². The van der Waals surface area contributed by atoms with Crippen LogP contribution in [0.5, 0.6) is 0 Å². The van der Waals surface area contributed by atoms with Gasteiger partial charge in [0.2, 0.25) is 10.0 Å². The van der Waals surface area contributed by atoms with E-state index < -0.39 is 16.0 Å². The Balaban J connectivity index is 1.92. The Morgan fingerprint density at radius 2 is 1.96 bits per heavy atom. The number of carbonyl (C=O) groups is 1. The molecule has 2 aromatic rings. The second-order valence-corrected chi connectivity index (χ2v) is 7.55. The fourth-order valence-corrected chi connectivity index (χ4v) is 3.41. The summed E-state index contributed by atoms with van der Waals surface area (Å²) in [5.74, 6) is -0.330. The molecule has 0 bridgehead atoms. The minimum atomic E-state index is -3.35. The molecule has 0 aliphatic heterocycles. The number of nitrogens with one attached hydrogen (secondary N) is 1. The summed E-state index contributed by atoms with van der Waals surface area (Å²) in [7, 11) is -3.35.